The van der Waals surface area contributed by atoms with Crippen LogP contribution in [0.25, 0.3) is 11.3 Å². The number of aromatic amines is 1. The van der Waals surface area contributed by atoms with Crippen LogP contribution >= 0.6 is 0 Å². The first-order valence-corrected chi connectivity index (χ1v) is 5.33. The molecule has 108 valence electrons. The standard InChI is InChI=1S/C12H8F5NO2/c13-11(14)19-10-6-7(20-12(15,16)17)3-4-8(10)9-2-1-5-18-9/h1-6,11,18H. The largest absolute Gasteiger partial charge is 0.573 e. The minimum atomic E-state index is -4.91. The molecule has 0 unspecified atom stereocenters. The molecule has 1 heterocycles. The second-order valence-corrected chi connectivity index (χ2v) is 3.67. The predicted molar refractivity (Wildman–Crippen MR) is 59.5 cm³/mol. The number of benzene rings is 1. The predicted octanol–water partition coefficient (Wildman–Crippen LogP) is 4.18. The van der Waals surface area contributed by atoms with Crippen molar-refractivity contribution >= 4 is 0 Å². The van der Waals surface area contributed by atoms with E-state index in [4.69, 9.17) is 0 Å². The molecule has 0 atom stereocenters. The van der Waals surface area contributed by atoms with Crippen molar-refractivity contribution in [3.63, 3.8) is 0 Å². The molecular formula is C12H8F5NO2. The van der Waals surface area contributed by atoms with Crippen LogP contribution in [-0.2, 0) is 0 Å². The summed E-state index contributed by atoms with van der Waals surface area (Å²) in [6.45, 7) is -3.16. The van der Waals surface area contributed by atoms with Crippen molar-refractivity contribution < 1.29 is 31.4 Å². The van der Waals surface area contributed by atoms with Gasteiger partial charge in [0.1, 0.15) is 11.5 Å². The van der Waals surface area contributed by atoms with Crippen LogP contribution in [0.15, 0.2) is 36.5 Å². The Morgan fingerprint density at radius 3 is 2.40 bits per heavy atom. The lowest BCUT2D eigenvalue weighted by Gasteiger charge is -2.13. The van der Waals surface area contributed by atoms with Gasteiger partial charge >= 0.3 is 13.0 Å². The maximum Gasteiger partial charge on any atom is 0.573 e. The molecule has 0 saturated heterocycles. The Hall–Kier alpha value is -2.25. The van der Waals surface area contributed by atoms with Crippen molar-refractivity contribution in [1.29, 1.82) is 0 Å². The van der Waals surface area contributed by atoms with Gasteiger partial charge in [-0.3, -0.25) is 0 Å². The molecule has 0 aliphatic heterocycles. The highest BCUT2D eigenvalue weighted by molar-refractivity contribution is 5.68. The Morgan fingerprint density at radius 1 is 1.10 bits per heavy atom. The zero-order valence-electron chi connectivity index (χ0n) is 9.75. The number of ether oxygens (including phenoxy) is 2. The summed E-state index contributed by atoms with van der Waals surface area (Å²) in [6.07, 6.45) is -3.36. The molecule has 0 aliphatic rings. The van der Waals surface area contributed by atoms with Crippen molar-refractivity contribution in [3.8, 4) is 22.8 Å². The second-order valence-electron chi connectivity index (χ2n) is 3.67. The summed E-state index contributed by atoms with van der Waals surface area (Å²) in [6, 6.07) is 6.15. The van der Waals surface area contributed by atoms with Gasteiger partial charge in [-0.1, -0.05) is 0 Å². The van der Waals surface area contributed by atoms with Crippen LogP contribution in [0.1, 0.15) is 0 Å². The van der Waals surface area contributed by atoms with Crippen LogP contribution in [0.4, 0.5) is 22.0 Å². The molecule has 1 N–H and O–H groups in total. The molecule has 1 aromatic carbocycles. The lowest BCUT2D eigenvalue weighted by atomic mass is 10.1. The molecule has 0 fully saturated rings. The minimum Gasteiger partial charge on any atom is -0.434 e. The third-order valence-electron chi connectivity index (χ3n) is 2.29. The second kappa shape index (κ2) is 5.40. The summed E-state index contributed by atoms with van der Waals surface area (Å²) in [5.41, 5.74) is 0.629. The summed E-state index contributed by atoms with van der Waals surface area (Å²) in [4.78, 5) is 2.75. The third kappa shape index (κ3) is 3.62. The summed E-state index contributed by atoms with van der Waals surface area (Å²) >= 11 is 0. The number of H-pyrrole nitrogens is 1. The number of halogens is 5. The van der Waals surface area contributed by atoms with E-state index in [1.165, 1.54) is 6.07 Å². The van der Waals surface area contributed by atoms with Gasteiger partial charge in [-0.25, -0.2) is 0 Å². The fraction of sp³-hybridized carbons (Fsp3) is 0.167. The van der Waals surface area contributed by atoms with Crippen molar-refractivity contribution in [2.24, 2.45) is 0 Å². The lowest BCUT2D eigenvalue weighted by Crippen LogP contribution is -2.17. The highest BCUT2D eigenvalue weighted by Crippen LogP contribution is 2.35. The normalized spacial score (nSPS) is 11.7. The van der Waals surface area contributed by atoms with Crippen LogP contribution in [0.5, 0.6) is 11.5 Å². The Kier molecular flexibility index (Phi) is 3.82. The van der Waals surface area contributed by atoms with Crippen LogP contribution < -0.4 is 9.47 Å². The number of alkyl halides is 5. The molecule has 20 heavy (non-hydrogen) atoms. The van der Waals surface area contributed by atoms with Gasteiger partial charge in [-0.2, -0.15) is 8.78 Å². The zero-order chi connectivity index (χ0) is 14.8. The van der Waals surface area contributed by atoms with Crippen molar-refractivity contribution in [2.75, 3.05) is 0 Å². The van der Waals surface area contributed by atoms with E-state index in [1.807, 2.05) is 0 Å². The Labute approximate surface area is 109 Å². The van der Waals surface area contributed by atoms with E-state index >= 15 is 0 Å². The smallest absolute Gasteiger partial charge is 0.434 e. The Balaban J connectivity index is 2.38. The van der Waals surface area contributed by atoms with Gasteiger partial charge in [0.15, 0.2) is 0 Å². The van der Waals surface area contributed by atoms with E-state index in [0.717, 1.165) is 12.1 Å². The molecule has 8 heteroatoms. The summed E-state index contributed by atoms with van der Waals surface area (Å²) in [5, 5.41) is 0. The molecule has 0 amide bonds. The number of rotatable bonds is 4. The lowest BCUT2D eigenvalue weighted by molar-refractivity contribution is -0.274. The highest BCUT2D eigenvalue weighted by atomic mass is 19.4. The Bertz CT molecular complexity index is 566. The molecule has 0 radical (unpaired) electrons. The molecule has 2 rings (SSSR count). The van der Waals surface area contributed by atoms with E-state index < -0.39 is 24.5 Å². The average Bonchev–Trinajstić information content (AvgIpc) is 2.79. The van der Waals surface area contributed by atoms with Gasteiger partial charge in [0, 0.05) is 23.5 Å². The summed E-state index contributed by atoms with van der Waals surface area (Å²) < 4.78 is 68.8. The SMILES string of the molecule is FC(F)Oc1cc(OC(F)(F)F)ccc1-c1ccc[nH]1. The van der Waals surface area contributed by atoms with E-state index in [-0.39, 0.29) is 5.56 Å². The summed E-state index contributed by atoms with van der Waals surface area (Å²) in [7, 11) is 0. The zero-order valence-corrected chi connectivity index (χ0v) is 9.75. The maximum absolute atomic E-state index is 12.3. The fourth-order valence-electron chi connectivity index (χ4n) is 1.61. The molecule has 0 bridgehead atoms. The van der Waals surface area contributed by atoms with Gasteiger partial charge in [0.25, 0.3) is 0 Å². The number of hydrogen-bond acceptors (Lipinski definition) is 2. The van der Waals surface area contributed by atoms with E-state index in [9.17, 15) is 22.0 Å². The molecule has 0 aliphatic carbocycles. The monoisotopic (exact) mass is 293 g/mol. The van der Waals surface area contributed by atoms with Crippen molar-refractivity contribution in [3.05, 3.63) is 36.5 Å². The van der Waals surface area contributed by atoms with E-state index in [2.05, 4.69) is 14.5 Å². The van der Waals surface area contributed by atoms with Crippen LogP contribution in [0, 0.1) is 0 Å². The van der Waals surface area contributed by atoms with Crippen LogP contribution in [0.3, 0.4) is 0 Å². The average molecular weight is 293 g/mol. The number of aromatic nitrogens is 1. The molecule has 3 nitrogen and oxygen atoms in total. The first kappa shape index (κ1) is 14.2. The van der Waals surface area contributed by atoms with E-state index in [0.29, 0.717) is 5.69 Å². The minimum absolute atomic E-state index is 0.199. The maximum atomic E-state index is 12.3. The van der Waals surface area contributed by atoms with Gasteiger partial charge < -0.3 is 14.5 Å². The molecule has 1 aromatic heterocycles. The topological polar surface area (TPSA) is 34.2 Å². The van der Waals surface area contributed by atoms with Crippen molar-refractivity contribution in [1.82, 2.24) is 4.98 Å². The first-order chi connectivity index (χ1) is 9.35. The van der Waals surface area contributed by atoms with Gasteiger partial charge in [0.05, 0.1) is 0 Å². The quantitative estimate of drug-likeness (QED) is 0.858. The highest BCUT2D eigenvalue weighted by Gasteiger charge is 2.31. The van der Waals surface area contributed by atoms with Crippen LogP contribution in [0.2, 0.25) is 0 Å². The molecule has 0 spiro atoms. The molecule has 0 saturated carbocycles. The van der Waals surface area contributed by atoms with Crippen LogP contribution in [-0.4, -0.2) is 18.0 Å². The van der Waals surface area contributed by atoms with Crippen molar-refractivity contribution in [2.45, 2.75) is 13.0 Å². The van der Waals surface area contributed by atoms with E-state index in [1.54, 1.807) is 18.3 Å². The first-order valence-electron chi connectivity index (χ1n) is 5.33. The number of hydrogen-bond donors (Lipinski definition) is 1. The Morgan fingerprint density at radius 2 is 1.85 bits per heavy atom. The molecular weight excluding hydrogens is 285 g/mol. The fourth-order valence-corrected chi connectivity index (χ4v) is 1.61. The third-order valence-corrected chi connectivity index (χ3v) is 2.29. The molecule has 2 aromatic rings. The van der Waals surface area contributed by atoms with Gasteiger partial charge in [-0.15, -0.1) is 13.2 Å². The van der Waals surface area contributed by atoms with Gasteiger partial charge in [0.2, 0.25) is 0 Å². The summed E-state index contributed by atoms with van der Waals surface area (Å²) in [5.74, 6) is -1.05. The number of nitrogens with one attached hydrogen (secondary N) is 1. The van der Waals surface area contributed by atoms with Gasteiger partial charge in [-0.05, 0) is 24.3 Å².